The molecule has 10 atom stereocenters. The minimum atomic E-state index is -0.271. The number of hydrogen-bond acceptors (Lipinski definition) is 3. The van der Waals surface area contributed by atoms with Crippen molar-refractivity contribution in [1.82, 2.24) is 0 Å². The third-order valence-electron chi connectivity index (χ3n) is 11.8. The maximum Gasteiger partial charge on any atom is 0.157 e. The number of ether oxygens (including phenoxy) is 2. The van der Waals surface area contributed by atoms with Crippen molar-refractivity contribution in [1.29, 1.82) is 0 Å². The second kappa shape index (κ2) is 10.4. The minimum Gasteiger partial charge on any atom is -0.389 e. The molecule has 4 fully saturated rings. The highest BCUT2D eigenvalue weighted by atomic mass is 16.7. The number of hydrogen-bond donors (Lipinski definition) is 1. The van der Waals surface area contributed by atoms with Crippen LogP contribution in [0.25, 0.3) is 0 Å². The smallest absolute Gasteiger partial charge is 0.157 e. The standard InChI is InChI=1S/C32H54O3/c1-21(2)9-8-10-22(3)25-12-13-26-30-27(15-17-32(25,26)5)31(4)16-14-24(19-23(31)20-28(30)33)35-29-11-6-7-18-34-29/h20-22,24-30,33H,6-19H2,1-5H3/t22-,24+,25-,26+,27+,28-,29?,30+,31+,32-/m1/s1. The van der Waals surface area contributed by atoms with E-state index >= 15 is 0 Å². The van der Waals surface area contributed by atoms with E-state index in [4.69, 9.17) is 9.47 Å². The Hall–Kier alpha value is -0.380. The molecule has 1 heterocycles. The van der Waals surface area contributed by atoms with Crippen LogP contribution in [0.15, 0.2) is 11.6 Å². The molecular weight excluding hydrogens is 432 g/mol. The quantitative estimate of drug-likeness (QED) is 0.372. The predicted molar refractivity (Wildman–Crippen MR) is 143 cm³/mol. The van der Waals surface area contributed by atoms with Gasteiger partial charge in [0, 0.05) is 6.61 Å². The number of aliphatic hydroxyl groups is 1. The molecule has 0 aromatic rings. The molecule has 1 unspecified atom stereocenters. The van der Waals surface area contributed by atoms with E-state index in [0.717, 1.165) is 43.6 Å². The van der Waals surface area contributed by atoms with Gasteiger partial charge in [0.05, 0.1) is 12.2 Å². The lowest BCUT2D eigenvalue weighted by molar-refractivity contribution is -0.196. The average molecular weight is 487 g/mol. The summed E-state index contributed by atoms with van der Waals surface area (Å²) >= 11 is 0. The first kappa shape index (κ1) is 26.2. The van der Waals surface area contributed by atoms with Crippen molar-refractivity contribution in [3.05, 3.63) is 11.6 Å². The van der Waals surface area contributed by atoms with E-state index in [1.54, 1.807) is 0 Å². The molecule has 0 aromatic carbocycles. The SMILES string of the molecule is CC(C)CCC[C@@H](C)[C@H]1CC[C@H]2[C@@H]3[C@H](O)C=C4C[C@@H](OC5CCCCO5)CC[C@]4(C)[C@H]3CC[C@]12C. The van der Waals surface area contributed by atoms with E-state index in [-0.39, 0.29) is 23.9 Å². The van der Waals surface area contributed by atoms with Gasteiger partial charge in [0.1, 0.15) is 0 Å². The molecule has 5 aliphatic rings. The topological polar surface area (TPSA) is 38.7 Å². The summed E-state index contributed by atoms with van der Waals surface area (Å²) in [5.41, 5.74) is 2.16. The van der Waals surface area contributed by atoms with Gasteiger partial charge in [-0.3, -0.25) is 0 Å². The molecule has 3 nitrogen and oxygen atoms in total. The lowest BCUT2D eigenvalue weighted by Gasteiger charge is -2.59. The Morgan fingerprint density at radius 1 is 1.00 bits per heavy atom. The van der Waals surface area contributed by atoms with Crippen LogP contribution in [0.2, 0.25) is 0 Å². The molecule has 0 bridgehead atoms. The molecule has 3 heteroatoms. The molecular formula is C32H54O3. The van der Waals surface area contributed by atoms with Gasteiger partial charge < -0.3 is 14.6 Å². The first-order chi connectivity index (χ1) is 16.7. The van der Waals surface area contributed by atoms with Crippen LogP contribution in [0.1, 0.15) is 118 Å². The first-order valence-corrected chi connectivity index (χ1v) is 15.4. The van der Waals surface area contributed by atoms with Crippen LogP contribution in [-0.2, 0) is 9.47 Å². The molecule has 0 spiro atoms. The summed E-state index contributed by atoms with van der Waals surface area (Å²) in [6, 6.07) is 0. The number of aliphatic hydroxyl groups excluding tert-OH is 1. The lowest BCUT2D eigenvalue weighted by atomic mass is 9.46. The van der Waals surface area contributed by atoms with Crippen molar-refractivity contribution < 1.29 is 14.6 Å². The third kappa shape index (κ3) is 4.92. The molecule has 4 aliphatic carbocycles. The van der Waals surface area contributed by atoms with Gasteiger partial charge in [-0.15, -0.1) is 0 Å². The fraction of sp³-hybridized carbons (Fsp3) is 0.938. The Morgan fingerprint density at radius 3 is 2.57 bits per heavy atom. The van der Waals surface area contributed by atoms with Crippen LogP contribution in [0.3, 0.4) is 0 Å². The molecule has 0 aromatic heterocycles. The van der Waals surface area contributed by atoms with E-state index in [0.29, 0.717) is 23.2 Å². The van der Waals surface area contributed by atoms with E-state index in [1.807, 2.05) is 0 Å². The van der Waals surface area contributed by atoms with E-state index in [9.17, 15) is 5.11 Å². The van der Waals surface area contributed by atoms with E-state index < -0.39 is 0 Å². The van der Waals surface area contributed by atoms with Gasteiger partial charge in [0.15, 0.2) is 6.29 Å². The summed E-state index contributed by atoms with van der Waals surface area (Å²) in [4.78, 5) is 0. The molecule has 200 valence electrons. The van der Waals surface area contributed by atoms with Gasteiger partial charge in [0.2, 0.25) is 0 Å². The Kier molecular flexibility index (Phi) is 7.80. The monoisotopic (exact) mass is 486 g/mol. The van der Waals surface area contributed by atoms with Crippen LogP contribution in [0, 0.1) is 46.3 Å². The van der Waals surface area contributed by atoms with Crippen molar-refractivity contribution in [3.8, 4) is 0 Å². The summed E-state index contributed by atoms with van der Waals surface area (Å²) in [5, 5.41) is 11.6. The maximum absolute atomic E-state index is 11.6. The highest BCUT2D eigenvalue weighted by molar-refractivity contribution is 5.28. The lowest BCUT2D eigenvalue weighted by Crippen LogP contribution is -2.55. The zero-order chi connectivity index (χ0) is 24.8. The normalized spacial score (nSPS) is 46.5. The average Bonchev–Trinajstić information content (AvgIpc) is 3.17. The zero-order valence-corrected chi connectivity index (χ0v) is 23.4. The highest BCUT2D eigenvalue weighted by Gasteiger charge is 2.61. The largest absolute Gasteiger partial charge is 0.389 e. The van der Waals surface area contributed by atoms with Gasteiger partial charge in [-0.2, -0.15) is 0 Å². The van der Waals surface area contributed by atoms with E-state index in [1.165, 1.54) is 69.8 Å². The Balaban J connectivity index is 1.28. The summed E-state index contributed by atoms with van der Waals surface area (Å²) in [6.07, 6.45) is 18.6. The fourth-order valence-corrected chi connectivity index (χ4v) is 9.79. The van der Waals surface area contributed by atoms with Crippen LogP contribution in [0.5, 0.6) is 0 Å². The Labute approximate surface area is 215 Å². The molecule has 3 saturated carbocycles. The van der Waals surface area contributed by atoms with Gasteiger partial charge in [-0.05, 0) is 111 Å². The second-order valence-electron chi connectivity index (χ2n) is 14.2. The van der Waals surface area contributed by atoms with Crippen LogP contribution < -0.4 is 0 Å². The van der Waals surface area contributed by atoms with Crippen molar-refractivity contribution in [2.24, 2.45) is 46.3 Å². The molecule has 0 radical (unpaired) electrons. The highest BCUT2D eigenvalue weighted by Crippen LogP contribution is 2.67. The zero-order valence-electron chi connectivity index (χ0n) is 23.4. The molecule has 1 saturated heterocycles. The van der Waals surface area contributed by atoms with Gasteiger partial charge >= 0.3 is 0 Å². The molecule has 1 N–H and O–H groups in total. The first-order valence-electron chi connectivity index (χ1n) is 15.4. The molecule has 0 amide bonds. The summed E-state index contributed by atoms with van der Waals surface area (Å²) in [5.74, 6) is 4.25. The van der Waals surface area contributed by atoms with Gasteiger partial charge in [-0.1, -0.05) is 65.5 Å². The van der Waals surface area contributed by atoms with Gasteiger partial charge in [-0.25, -0.2) is 0 Å². The fourth-order valence-electron chi connectivity index (χ4n) is 9.79. The van der Waals surface area contributed by atoms with Crippen molar-refractivity contribution in [2.45, 2.75) is 137 Å². The van der Waals surface area contributed by atoms with Crippen LogP contribution in [0.4, 0.5) is 0 Å². The Bertz CT molecular complexity index is 754. The van der Waals surface area contributed by atoms with Crippen molar-refractivity contribution in [2.75, 3.05) is 6.61 Å². The summed E-state index contributed by atoms with van der Waals surface area (Å²) < 4.78 is 12.3. The van der Waals surface area contributed by atoms with Crippen molar-refractivity contribution >= 4 is 0 Å². The third-order valence-corrected chi connectivity index (χ3v) is 11.8. The van der Waals surface area contributed by atoms with Crippen molar-refractivity contribution in [3.63, 3.8) is 0 Å². The van der Waals surface area contributed by atoms with Crippen LogP contribution in [-0.4, -0.2) is 30.2 Å². The van der Waals surface area contributed by atoms with Gasteiger partial charge in [0.25, 0.3) is 0 Å². The second-order valence-corrected chi connectivity index (χ2v) is 14.2. The molecule has 1 aliphatic heterocycles. The Morgan fingerprint density at radius 2 is 1.83 bits per heavy atom. The summed E-state index contributed by atoms with van der Waals surface area (Å²) in [6.45, 7) is 13.3. The van der Waals surface area contributed by atoms with E-state index in [2.05, 4.69) is 40.7 Å². The maximum atomic E-state index is 11.6. The molecule has 5 rings (SSSR count). The van der Waals surface area contributed by atoms with Crippen LogP contribution >= 0.6 is 0 Å². The minimum absolute atomic E-state index is 0.00620. The predicted octanol–water partition coefficient (Wildman–Crippen LogP) is 7.91. The number of fused-ring (bicyclic) bond motifs is 5. The summed E-state index contributed by atoms with van der Waals surface area (Å²) in [7, 11) is 0. The number of rotatable bonds is 7. The molecule has 35 heavy (non-hydrogen) atoms.